The third-order valence-electron chi connectivity index (χ3n) is 3.36. The van der Waals surface area contributed by atoms with Crippen molar-refractivity contribution < 1.29 is 14.4 Å². The number of amides is 4. The second kappa shape index (κ2) is 9.54. The van der Waals surface area contributed by atoms with Crippen molar-refractivity contribution in [2.24, 2.45) is 0 Å². The fraction of sp³-hybridized carbons (Fsp3) is 0.750. The molecule has 0 aromatic heterocycles. The van der Waals surface area contributed by atoms with E-state index >= 15 is 0 Å². The lowest BCUT2D eigenvalue weighted by molar-refractivity contribution is -0.134. The number of carbonyl (C=O) groups excluding carboxylic acids is 3. The molecule has 1 aliphatic rings. The third-order valence-corrected chi connectivity index (χ3v) is 3.36. The molecule has 3 N–H and O–H groups in total. The summed E-state index contributed by atoms with van der Waals surface area (Å²) < 4.78 is 0. The molecule has 0 spiro atoms. The maximum Gasteiger partial charge on any atom is 0.321 e. The summed E-state index contributed by atoms with van der Waals surface area (Å²) in [5.41, 5.74) is 0. The van der Waals surface area contributed by atoms with Crippen LogP contribution in [0.4, 0.5) is 4.79 Å². The average molecular weight is 322 g/mol. The van der Waals surface area contributed by atoms with Crippen LogP contribution in [0.5, 0.6) is 0 Å². The number of imide groups is 1. The SMILES string of the molecule is CNC(=O)NC(=O)C(C)N(C)CC(=O)N1CCNCC1.Cl. The van der Waals surface area contributed by atoms with Crippen molar-refractivity contribution in [1.29, 1.82) is 0 Å². The largest absolute Gasteiger partial charge is 0.341 e. The molecule has 122 valence electrons. The molecule has 1 atom stereocenters. The summed E-state index contributed by atoms with van der Waals surface area (Å²) >= 11 is 0. The van der Waals surface area contributed by atoms with Gasteiger partial charge in [-0.2, -0.15) is 0 Å². The number of urea groups is 1. The van der Waals surface area contributed by atoms with Gasteiger partial charge in [0.1, 0.15) is 0 Å². The van der Waals surface area contributed by atoms with E-state index in [9.17, 15) is 14.4 Å². The molecule has 1 rings (SSSR count). The van der Waals surface area contributed by atoms with Crippen LogP contribution >= 0.6 is 12.4 Å². The van der Waals surface area contributed by atoms with E-state index in [0.717, 1.165) is 13.1 Å². The topological polar surface area (TPSA) is 93.8 Å². The zero-order valence-corrected chi connectivity index (χ0v) is 13.5. The number of hydrogen-bond acceptors (Lipinski definition) is 5. The number of halogens is 1. The van der Waals surface area contributed by atoms with Gasteiger partial charge in [-0.15, -0.1) is 12.4 Å². The van der Waals surface area contributed by atoms with Crippen LogP contribution in [0.15, 0.2) is 0 Å². The van der Waals surface area contributed by atoms with Gasteiger partial charge in [-0.3, -0.25) is 19.8 Å². The first-order valence-electron chi connectivity index (χ1n) is 6.67. The molecule has 0 aromatic carbocycles. The summed E-state index contributed by atoms with van der Waals surface area (Å²) in [5, 5.41) is 7.68. The van der Waals surface area contributed by atoms with Crippen molar-refractivity contribution in [3.8, 4) is 0 Å². The first kappa shape index (κ1) is 19.6. The molecular formula is C12H24ClN5O3. The van der Waals surface area contributed by atoms with Gasteiger partial charge in [0.2, 0.25) is 11.8 Å². The lowest BCUT2D eigenvalue weighted by Crippen LogP contribution is -2.53. The number of hydrogen-bond donors (Lipinski definition) is 3. The summed E-state index contributed by atoms with van der Waals surface area (Å²) in [7, 11) is 3.12. The zero-order valence-electron chi connectivity index (χ0n) is 12.6. The molecular weight excluding hydrogens is 298 g/mol. The molecule has 1 aliphatic heterocycles. The molecule has 1 fully saturated rings. The highest BCUT2D eigenvalue weighted by molar-refractivity contribution is 5.96. The average Bonchev–Trinajstić information content (AvgIpc) is 2.46. The standard InChI is InChI=1S/C12H23N5O3.ClH/c1-9(11(19)15-12(20)13-2)16(3)8-10(18)17-6-4-14-5-7-17;/h9,14H,4-8H2,1-3H3,(H2,13,15,19,20);1H. The lowest BCUT2D eigenvalue weighted by Gasteiger charge is -2.30. The van der Waals surface area contributed by atoms with Gasteiger partial charge < -0.3 is 15.5 Å². The van der Waals surface area contributed by atoms with Crippen LogP contribution in [0.2, 0.25) is 0 Å². The van der Waals surface area contributed by atoms with E-state index in [1.165, 1.54) is 7.05 Å². The number of piperazine rings is 1. The fourth-order valence-electron chi connectivity index (χ4n) is 1.84. The highest BCUT2D eigenvalue weighted by Gasteiger charge is 2.24. The molecule has 1 saturated heterocycles. The Bertz CT molecular complexity index is 374. The van der Waals surface area contributed by atoms with Crippen molar-refractivity contribution in [3.05, 3.63) is 0 Å². The number of nitrogens with one attached hydrogen (secondary N) is 3. The summed E-state index contributed by atoms with van der Waals surface area (Å²) in [6, 6.07) is -1.11. The Hall–Kier alpha value is -1.38. The van der Waals surface area contributed by atoms with Crippen molar-refractivity contribution in [3.63, 3.8) is 0 Å². The first-order chi connectivity index (χ1) is 9.45. The Morgan fingerprint density at radius 2 is 1.86 bits per heavy atom. The normalized spacial score (nSPS) is 15.9. The van der Waals surface area contributed by atoms with Crippen LogP contribution in [0.1, 0.15) is 6.92 Å². The Morgan fingerprint density at radius 1 is 1.29 bits per heavy atom. The minimum Gasteiger partial charge on any atom is -0.341 e. The smallest absolute Gasteiger partial charge is 0.321 e. The molecule has 1 unspecified atom stereocenters. The first-order valence-corrected chi connectivity index (χ1v) is 6.67. The number of rotatable bonds is 4. The van der Waals surface area contributed by atoms with Crippen molar-refractivity contribution in [2.45, 2.75) is 13.0 Å². The van der Waals surface area contributed by atoms with Crippen molar-refractivity contribution >= 4 is 30.3 Å². The zero-order chi connectivity index (χ0) is 15.1. The van der Waals surface area contributed by atoms with Crippen LogP contribution in [0.25, 0.3) is 0 Å². The van der Waals surface area contributed by atoms with E-state index < -0.39 is 18.0 Å². The predicted molar refractivity (Wildman–Crippen MR) is 81.4 cm³/mol. The molecule has 0 radical (unpaired) electrons. The van der Waals surface area contributed by atoms with E-state index in [0.29, 0.717) is 13.1 Å². The van der Waals surface area contributed by atoms with Gasteiger partial charge in [0.25, 0.3) is 0 Å². The molecule has 4 amide bonds. The maximum atomic E-state index is 12.1. The maximum absolute atomic E-state index is 12.1. The van der Waals surface area contributed by atoms with Crippen molar-refractivity contribution in [1.82, 2.24) is 25.8 Å². The summed E-state index contributed by atoms with van der Waals surface area (Å²) in [4.78, 5) is 38.3. The molecule has 21 heavy (non-hydrogen) atoms. The fourth-order valence-corrected chi connectivity index (χ4v) is 1.84. The van der Waals surface area contributed by atoms with Gasteiger partial charge in [-0.1, -0.05) is 0 Å². The van der Waals surface area contributed by atoms with Gasteiger partial charge in [-0.25, -0.2) is 4.79 Å². The van der Waals surface area contributed by atoms with E-state index in [1.54, 1.807) is 23.8 Å². The van der Waals surface area contributed by atoms with Crippen LogP contribution in [0, 0.1) is 0 Å². The minimum atomic E-state index is -0.556. The molecule has 0 aromatic rings. The van der Waals surface area contributed by atoms with Crippen molar-refractivity contribution in [2.75, 3.05) is 46.8 Å². The lowest BCUT2D eigenvalue weighted by atomic mass is 10.2. The van der Waals surface area contributed by atoms with Gasteiger partial charge in [-0.05, 0) is 14.0 Å². The van der Waals surface area contributed by atoms with E-state index in [1.807, 2.05) is 0 Å². The third kappa shape index (κ3) is 6.28. The second-order valence-electron chi connectivity index (χ2n) is 4.79. The van der Waals surface area contributed by atoms with Crippen LogP contribution in [0.3, 0.4) is 0 Å². The monoisotopic (exact) mass is 321 g/mol. The minimum absolute atomic E-state index is 0. The summed E-state index contributed by atoms with van der Waals surface area (Å²) in [6.07, 6.45) is 0. The molecule has 0 saturated carbocycles. The van der Waals surface area contributed by atoms with Crippen LogP contribution in [-0.4, -0.2) is 80.5 Å². The number of carbonyl (C=O) groups is 3. The van der Waals surface area contributed by atoms with E-state index in [4.69, 9.17) is 0 Å². The molecule has 0 bridgehead atoms. The Kier molecular flexibility index (Phi) is 8.91. The van der Waals surface area contributed by atoms with E-state index in [2.05, 4.69) is 16.0 Å². The molecule has 1 heterocycles. The second-order valence-corrected chi connectivity index (χ2v) is 4.79. The van der Waals surface area contributed by atoms with Gasteiger partial charge in [0.15, 0.2) is 0 Å². The molecule has 0 aliphatic carbocycles. The molecule has 8 nitrogen and oxygen atoms in total. The van der Waals surface area contributed by atoms with Gasteiger partial charge >= 0.3 is 6.03 Å². The Balaban J connectivity index is 0.00000400. The predicted octanol–water partition coefficient (Wildman–Crippen LogP) is -1.38. The van der Waals surface area contributed by atoms with Gasteiger partial charge in [0, 0.05) is 33.2 Å². The van der Waals surface area contributed by atoms with Crippen LogP contribution in [-0.2, 0) is 9.59 Å². The highest BCUT2D eigenvalue weighted by Crippen LogP contribution is 2.00. The quantitative estimate of drug-likeness (QED) is 0.593. The van der Waals surface area contributed by atoms with Gasteiger partial charge in [0.05, 0.1) is 12.6 Å². The Labute approximate surface area is 131 Å². The van der Waals surface area contributed by atoms with E-state index in [-0.39, 0.29) is 24.9 Å². The Morgan fingerprint density at radius 3 is 2.38 bits per heavy atom. The highest BCUT2D eigenvalue weighted by atomic mass is 35.5. The number of nitrogens with zero attached hydrogens (tertiary/aromatic N) is 2. The summed E-state index contributed by atoms with van der Waals surface area (Å²) in [5.74, 6) is -0.437. The number of likely N-dealkylation sites (N-methyl/N-ethyl adjacent to an activating group) is 1. The molecule has 9 heteroatoms. The summed E-state index contributed by atoms with van der Waals surface area (Å²) in [6.45, 7) is 4.77. The van der Waals surface area contributed by atoms with Crippen LogP contribution < -0.4 is 16.0 Å².